The molecule has 16 N–H and O–H groups in total. The summed E-state index contributed by atoms with van der Waals surface area (Å²) in [7, 11) is 1.42. The molecule has 7 amide bonds. The van der Waals surface area contributed by atoms with Crippen molar-refractivity contribution >= 4 is 41.4 Å². The second kappa shape index (κ2) is 28.2. The Balaban J connectivity index is 1.98. The summed E-state index contributed by atoms with van der Waals surface area (Å²) in [5, 5.41) is 63.8. The molecule has 0 heterocycles. The molecule has 0 saturated carbocycles. The molecule has 0 aliphatic heterocycles. The molecular weight excluding hydrogens is 899 g/mol. The van der Waals surface area contributed by atoms with Crippen molar-refractivity contribution < 1.29 is 63.8 Å². The first-order valence-electron chi connectivity index (χ1n) is 22.5. The number of hydrogen-bond acceptors (Lipinski definition) is 15. The Kier molecular flexibility index (Phi) is 23.0. The molecule has 5 atom stereocenters. The van der Waals surface area contributed by atoms with Gasteiger partial charge in [-0.05, 0) is 111 Å². The van der Waals surface area contributed by atoms with Gasteiger partial charge in [0.25, 0.3) is 0 Å². The van der Waals surface area contributed by atoms with Gasteiger partial charge in [0.2, 0.25) is 41.4 Å². The van der Waals surface area contributed by atoms with Crippen LogP contribution >= 0.6 is 0 Å². The Bertz CT molecular complexity index is 2240. The second-order valence-corrected chi connectivity index (χ2v) is 16.6. The number of methoxy groups -OCH3 is 1. The van der Waals surface area contributed by atoms with Crippen molar-refractivity contribution in [3.8, 4) is 28.7 Å². The number of aromatic hydroxyl groups is 5. The molecule has 5 unspecified atom stereocenters. The molecular formula is C47H67N9O13. The Hall–Kier alpha value is -7.17. The van der Waals surface area contributed by atoms with Crippen molar-refractivity contribution in [2.45, 2.75) is 102 Å². The number of nitrogens with two attached hydrogens (primary N) is 3. The maximum atomic E-state index is 14.4. The van der Waals surface area contributed by atoms with Gasteiger partial charge >= 0.3 is 0 Å². The first kappa shape index (κ1) is 56.2. The highest BCUT2D eigenvalue weighted by atomic mass is 16.5. The van der Waals surface area contributed by atoms with Crippen LogP contribution in [0.4, 0.5) is 0 Å². The smallest absolute Gasteiger partial charge is 0.243 e. The maximum Gasteiger partial charge on any atom is 0.243 e. The summed E-state index contributed by atoms with van der Waals surface area (Å²) in [6.45, 7) is 3.16. The first-order valence-corrected chi connectivity index (χ1v) is 22.5. The van der Waals surface area contributed by atoms with Gasteiger partial charge in [0.1, 0.15) is 36.0 Å². The van der Waals surface area contributed by atoms with Gasteiger partial charge in [-0.1, -0.05) is 24.3 Å². The average molecular weight is 966 g/mol. The van der Waals surface area contributed by atoms with Crippen molar-refractivity contribution in [3.05, 3.63) is 76.9 Å². The molecule has 0 radical (unpaired) electrons. The minimum absolute atomic E-state index is 0.0176. The van der Waals surface area contributed by atoms with Crippen LogP contribution in [0.2, 0.25) is 0 Å². The fourth-order valence-corrected chi connectivity index (χ4v) is 7.10. The number of benzene rings is 3. The van der Waals surface area contributed by atoms with Crippen LogP contribution < -0.4 is 43.8 Å². The number of ether oxygens (including phenoxy) is 1. The van der Waals surface area contributed by atoms with E-state index in [1.165, 1.54) is 61.4 Å². The number of carbonyl (C=O) groups excluding carboxylic acids is 7. The van der Waals surface area contributed by atoms with Crippen molar-refractivity contribution in [3.63, 3.8) is 0 Å². The van der Waals surface area contributed by atoms with Gasteiger partial charge in [0, 0.05) is 39.8 Å². The van der Waals surface area contributed by atoms with E-state index < -0.39 is 101 Å². The Morgan fingerprint density at radius 2 is 0.971 bits per heavy atom. The summed E-state index contributed by atoms with van der Waals surface area (Å²) in [5.41, 5.74) is 18.8. The standard InChI is InChI=1S/C47H67N9O13/c1-27-10-11-29(23-39(27)60)20-34(43(50)64)54-44(65)32(8-4-6-16-48)53-47(68)36(22-31-13-15-38(59)41(62)25-31)55-45(66)33(9-5-7-17-49)52-46(67)35(21-30-12-14-37(58)40(61)24-30)51-42(63)26-56(28(2)57)18-19-69-3/h10-15,23-25,32-36,58-62H,4-9,16-22,26,48-49H2,1-3H3,(H2,50,64)(H,51,63)(H,52,67)(H,53,68)(H,54,65)(H,55,66). The lowest BCUT2D eigenvalue weighted by molar-refractivity contribution is -0.137. The van der Waals surface area contributed by atoms with Crippen molar-refractivity contribution in [2.24, 2.45) is 17.2 Å². The van der Waals surface area contributed by atoms with E-state index in [9.17, 15) is 59.1 Å². The summed E-state index contributed by atoms with van der Waals surface area (Å²) in [6.07, 6.45) is 0.884. The second-order valence-electron chi connectivity index (χ2n) is 16.6. The van der Waals surface area contributed by atoms with E-state index in [1.807, 2.05) is 0 Å². The van der Waals surface area contributed by atoms with Gasteiger partial charge in [0.05, 0.1) is 13.2 Å². The lowest BCUT2D eigenvalue weighted by atomic mass is 10.0. The predicted octanol–water partition coefficient (Wildman–Crippen LogP) is -0.787. The number of nitrogens with one attached hydrogen (secondary N) is 5. The van der Waals surface area contributed by atoms with Crippen LogP contribution in [0.3, 0.4) is 0 Å². The monoisotopic (exact) mass is 965 g/mol. The number of rotatable bonds is 29. The summed E-state index contributed by atoms with van der Waals surface area (Å²) in [5.74, 6) is -7.46. The highest BCUT2D eigenvalue weighted by Gasteiger charge is 2.33. The topological polar surface area (TPSA) is 371 Å². The van der Waals surface area contributed by atoms with Gasteiger partial charge in [-0.2, -0.15) is 0 Å². The average Bonchev–Trinajstić information content (AvgIpc) is 3.29. The fraction of sp³-hybridized carbons (Fsp3) is 0.468. The lowest BCUT2D eigenvalue weighted by Crippen LogP contribution is -2.60. The molecule has 69 heavy (non-hydrogen) atoms. The van der Waals surface area contributed by atoms with Crippen molar-refractivity contribution in [1.82, 2.24) is 31.5 Å². The fourth-order valence-electron chi connectivity index (χ4n) is 7.10. The van der Waals surface area contributed by atoms with Crippen molar-refractivity contribution in [2.75, 3.05) is 39.9 Å². The summed E-state index contributed by atoms with van der Waals surface area (Å²) in [6, 6.07) is 5.37. The van der Waals surface area contributed by atoms with Crippen LogP contribution in [0.1, 0.15) is 67.7 Å². The SMILES string of the molecule is COCCN(CC(=O)NC(Cc1ccc(O)c(O)c1)C(=O)NC(CCCCN)C(=O)NC(Cc1ccc(O)c(O)c1)C(=O)NC(CCCCN)C(=O)NC(Cc1ccc(C)c(O)c1)C(N)=O)C(C)=O. The Morgan fingerprint density at radius 3 is 1.39 bits per heavy atom. The third-order valence-corrected chi connectivity index (χ3v) is 11.1. The van der Waals surface area contributed by atoms with Crippen LogP contribution in [-0.2, 0) is 57.6 Å². The number of phenols is 5. The third-order valence-electron chi connectivity index (χ3n) is 11.1. The van der Waals surface area contributed by atoms with Crippen LogP contribution in [0.5, 0.6) is 28.7 Å². The minimum Gasteiger partial charge on any atom is -0.508 e. The number of primary amides is 1. The number of hydrogen-bond donors (Lipinski definition) is 13. The van der Waals surface area contributed by atoms with Gasteiger partial charge in [-0.25, -0.2) is 0 Å². The number of nitrogens with zero attached hydrogens (tertiary/aromatic N) is 1. The quantitative estimate of drug-likeness (QED) is 0.0300. The number of unbranched alkanes of at least 4 members (excludes halogenated alkanes) is 2. The number of phenolic OH excluding ortho intramolecular Hbond substituents is 5. The van der Waals surface area contributed by atoms with Crippen LogP contribution in [0, 0.1) is 6.92 Å². The molecule has 22 heteroatoms. The molecule has 0 fully saturated rings. The van der Waals surface area contributed by atoms with Crippen LogP contribution in [0.25, 0.3) is 0 Å². The molecule has 0 aliphatic rings. The zero-order chi connectivity index (χ0) is 51.2. The zero-order valence-electron chi connectivity index (χ0n) is 39.2. The molecule has 3 rings (SSSR count). The number of amides is 7. The largest absolute Gasteiger partial charge is 0.508 e. The molecule has 0 aromatic heterocycles. The first-order chi connectivity index (χ1) is 32.8. The van der Waals surface area contributed by atoms with Crippen LogP contribution in [-0.4, -0.2) is 142 Å². The summed E-state index contributed by atoms with van der Waals surface area (Å²) in [4.78, 5) is 96.3. The van der Waals surface area contributed by atoms with Gasteiger partial charge in [-0.3, -0.25) is 33.6 Å². The molecule has 0 aliphatic carbocycles. The van der Waals surface area contributed by atoms with Gasteiger partial charge < -0.3 is 79.0 Å². The van der Waals surface area contributed by atoms with E-state index in [0.29, 0.717) is 42.4 Å². The summed E-state index contributed by atoms with van der Waals surface area (Å²) >= 11 is 0. The molecule has 378 valence electrons. The van der Waals surface area contributed by atoms with E-state index in [2.05, 4.69) is 26.6 Å². The number of carbonyl (C=O) groups is 7. The molecule has 3 aromatic carbocycles. The van der Waals surface area contributed by atoms with Gasteiger partial charge in [-0.15, -0.1) is 0 Å². The highest BCUT2D eigenvalue weighted by Crippen LogP contribution is 2.27. The lowest BCUT2D eigenvalue weighted by Gasteiger charge is -2.28. The Morgan fingerprint density at radius 1 is 0.565 bits per heavy atom. The minimum atomic E-state index is -1.51. The van der Waals surface area contributed by atoms with Gasteiger partial charge in [0.15, 0.2) is 23.0 Å². The van der Waals surface area contributed by atoms with E-state index in [1.54, 1.807) is 19.1 Å². The molecule has 22 nitrogen and oxygen atoms in total. The van der Waals surface area contributed by atoms with Crippen molar-refractivity contribution in [1.29, 1.82) is 0 Å². The normalized spacial score (nSPS) is 13.2. The molecule has 3 aromatic rings. The van der Waals surface area contributed by atoms with E-state index >= 15 is 0 Å². The molecule has 0 spiro atoms. The van der Waals surface area contributed by atoms with E-state index in [-0.39, 0.29) is 69.7 Å². The maximum absolute atomic E-state index is 14.4. The molecule has 0 saturated heterocycles. The summed E-state index contributed by atoms with van der Waals surface area (Å²) < 4.78 is 5.04. The Labute approximate surface area is 400 Å². The van der Waals surface area contributed by atoms with Crippen LogP contribution in [0.15, 0.2) is 54.6 Å². The zero-order valence-corrected chi connectivity index (χ0v) is 39.2. The highest BCUT2D eigenvalue weighted by molar-refractivity contribution is 5.97. The third kappa shape index (κ3) is 18.8. The predicted molar refractivity (Wildman–Crippen MR) is 252 cm³/mol. The van der Waals surface area contributed by atoms with E-state index in [0.717, 1.165) is 0 Å². The molecule has 0 bridgehead atoms. The number of aryl methyl sites for hydroxylation is 1. The van der Waals surface area contributed by atoms with E-state index in [4.69, 9.17) is 21.9 Å².